The van der Waals surface area contributed by atoms with E-state index in [9.17, 15) is 14.4 Å². The fraction of sp³-hybridized carbons (Fsp3) is 0.174. The van der Waals surface area contributed by atoms with Gasteiger partial charge in [-0.25, -0.2) is 4.79 Å². The molecule has 1 fully saturated rings. The van der Waals surface area contributed by atoms with Gasteiger partial charge < -0.3 is 10.6 Å². The van der Waals surface area contributed by atoms with Gasteiger partial charge in [-0.2, -0.15) is 0 Å². The second-order valence-corrected chi connectivity index (χ2v) is 7.06. The number of anilines is 1. The van der Waals surface area contributed by atoms with Crippen LogP contribution in [0.15, 0.2) is 72.8 Å². The summed E-state index contributed by atoms with van der Waals surface area (Å²) in [4.78, 5) is 39.1. The predicted molar refractivity (Wildman–Crippen MR) is 111 cm³/mol. The molecule has 1 atom stereocenters. The molecule has 0 aromatic heterocycles. The topological polar surface area (TPSA) is 78.5 Å². The third kappa shape index (κ3) is 3.33. The Hall–Kier alpha value is -3.67. The molecule has 1 aliphatic rings. The van der Waals surface area contributed by atoms with E-state index in [-0.39, 0.29) is 6.54 Å². The molecular formula is C23H21N3O3. The zero-order valence-electron chi connectivity index (χ0n) is 16.0. The van der Waals surface area contributed by atoms with Gasteiger partial charge in [0.2, 0.25) is 5.91 Å². The van der Waals surface area contributed by atoms with Crippen LogP contribution < -0.4 is 10.6 Å². The van der Waals surface area contributed by atoms with Crippen LogP contribution in [-0.2, 0) is 15.1 Å². The molecule has 1 saturated heterocycles. The van der Waals surface area contributed by atoms with Crippen LogP contribution in [0.4, 0.5) is 10.5 Å². The number of hydrogen-bond donors (Lipinski definition) is 2. The van der Waals surface area contributed by atoms with E-state index in [1.807, 2.05) is 61.5 Å². The minimum absolute atomic E-state index is 0.341. The van der Waals surface area contributed by atoms with Crippen molar-refractivity contribution in [1.82, 2.24) is 10.2 Å². The molecule has 1 unspecified atom stereocenters. The number of nitrogens with one attached hydrogen (secondary N) is 2. The van der Waals surface area contributed by atoms with E-state index < -0.39 is 23.4 Å². The Labute approximate surface area is 168 Å². The van der Waals surface area contributed by atoms with E-state index in [0.29, 0.717) is 17.7 Å². The van der Waals surface area contributed by atoms with Gasteiger partial charge >= 0.3 is 6.03 Å². The van der Waals surface area contributed by atoms with Crippen LogP contribution in [0.1, 0.15) is 18.9 Å². The molecule has 0 aliphatic carbocycles. The van der Waals surface area contributed by atoms with Crippen molar-refractivity contribution in [2.45, 2.75) is 18.9 Å². The van der Waals surface area contributed by atoms with Crippen LogP contribution in [-0.4, -0.2) is 29.3 Å². The van der Waals surface area contributed by atoms with Gasteiger partial charge in [-0.1, -0.05) is 67.6 Å². The zero-order chi connectivity index (χ0) is 20.4. The molecule has 4 rings (SSSR count). The molecule has 4 amide bonds. The van der Waals surface area contributed by atoms with Crippen molar-refractivity contribution in [3.63, 3.8) is 0 Å². The second kappa shape index (κ2) is 7.39. The first kappa shape index (κ1) is 18.7. The molecule has 0 bridgehead atoms. The van der Waals surface area contributed by atoms with Gasteiger partial charge in [0.05, 0.1) is 0 Å². The summed E-state index contributed by atoms with van der Waals surface area (Å²) in [6, 6.07) is 21.9. The van der Waals surface area contributed by atoms with Gasteiger partial charge in [0, 0.05) is 5.69 Å². The Balaban J connectivity index is 1.51. The highest BCUT2D eigenvalue weighted by Crippen LogP contribution is 2.32. The highest BCUT2D eigenvalue weighted by molar-refractivity contribution is 6.10. The smallest absolute Gasteiger partial charge is 0.325 e. The molecule has 146 valence electrons. The number of hydrogen-bond acceptors (Lipinski definition) is 3. The lowest BCUT2D eigenvalue weighted by molar-refractivity contribution is -0.134. The highest BCUT2D eigenvalue weighted by atomic mass is 16.2. The summed E-state index contributed by atoms with van der Waals surface area (Å²) >= 11 is 0. The molecule has 29 heavy (non-hydrogen) atoms. The van der Waals surface area contributed by atoms with E-state index in [2.05, 4.69) is 10.6 Å². The first-order chi connectivity index (χ1) is 14.0. The molecule has 3 aromatic rings. The fourth-order valence-electron chi connectivity index (χ4n) is 3.74. The molecule has 0 radical (unpaired) electrons. The van der Waals surface area contributed by atoms with Crippen molar-refractivity contribution in [1.29, 1.82) is 0 Å². The van der Waals surface area contributed by atoms with Crippen LogP contribution >= 0.6 is 0 Å². The molecule has 6 nitrogen and oxygen atoms in total. The van der Waals surface area contributed by atoms with Crippen molar-refractivity contribution < 1.29 is 14.4 Å². The fourth-order valence-corrected chi connectivity index (χ4v) is 3.74. The maximum Gasteiger partial charge on any atom is 0.325 e. The lowest BCUT2D eigenvalue weighted by Gasteiger charge is -2.25. The van der Waals surface area contributed by atoms with Gasteiger partial charge in [0.1, 0.15) is 12.1 Å². The van der Waals surface area contributed by atoms with Crippen LogP contribution in [0.3, 0.4) is 0 Å². The Kier molecular flexibility index (Phi) is 4.76. The SMILES string of the molecule is CCC1(c2ccccc2)NC(=O)N(CC(=O)Nc2ccc3ccccc3c2)C1=O. The maximum atomic E-state index is 13.1. The van der Waals surface area contributed by atoms with Crippen LogP contribution in [0.2, 0.25) is 0 Å². The van der Waals surface area contributed by atoms with Gasteiger partial charge in [-0.05, 0) is 34.9 Å². The number of urea groups is 1. The highest BCUT2D eigenvalue weighted by Gasteiger charge is 2.51. The number of nitrogens with zero attached hydrogens (tertiary/aromatic N) is 1. The summed E-state index contributed by atoms with van der Waals surface area (Å²) in [7, 11) is 0. The van der Waals surface area contributed by atoms with E-state index in [4.69, 9.17) is 0 Å². The van der Waals surface area contributed by atoms with E-state index in [1.165, 1.54) is 0 Å². The van der Waals surface area contributed by atoms with E-state index in [1.54, 1.807) is 18.2 Å². The molecule has 0 spiro atoms. The lowest BCUT2D eigenvalue weighted by atomic mass is 9.87. The van der Waals surface area contributed by atoms with Crippen molar-refractivity contribution in [3.8, 4) is 0 Å². The summed E-state index contributed by atoms with van der Waals surface area (Å²) in [5.74, 6) is -0.839. The van der Waals surface area contributed by atoms with Crippen molar-refractivity contribution in [3.05, 3.63) is 78.4 Å². The normalized spacial score (nSPS) is 18.7. The maximum absolute atomic E-state index is 13.1. The van der Waals surface area contributed by atoms with E-state index in [0.717, 1.165) is 15.7 Å². The Morgan fingerprint density at radius 1 is 0.966 bits per heavy atom. The first-order valence-electron chi connectivity index (χ1n) is 9.52. The molecule has 1 aliphatic heterocycles. The monoisotopic (exact) mass is 387 g/mol. The quantitative estimate of drug-likeness (QED) is 0.656. The summed E-state index contributed by atoms with van der Waals surface area (Å²) in [5, 5.41) is 7.62. The van der Waals surface area contributed by atoms with Gasteiger partial charge in [0.15, 0.2) is 0 Å². The number of benzene rings is 3. The predicted octanol–water partition coefficient (Wildman–Crippen LogP) is 3.64. The summed E-state index contributed by atoms with van der Waals surface area (Å²) < 4.78 is 0. The van der Waals surface area contributed by atoms with Crippen molar-refractivity contribution >= 4 is 34.3 Å². The van der Waals surface area contributed by atoms with Crippen LogP contribution in [0.25, 0.3) is 10.8 Å². The average Bonchev–Trinajstić information content (AvgIpc) is 2.99. The molecule has 0 saturated carbocycles. The van der Waals surface area contributed by atoms with Gasteiger partial charge in [-0.3, -0.25) is 14.5 Å². The number of amides is 4. The third-order valence-electron chi connectivity index (χ3n) is 5.31. The van der Waals surface area contributed by atoms with Crippen LogP contribution in [0, 0.1) is 0 Å². The number of rotatable bonds is 5. The standard InChI is InChI=1S/C23H21N3O3/c1-2-23(18-10-4-3-5-11-18)21(28)26(22(29)25-23)15-20(27)24-19-13-12-16-8-6-7-9-17(16)14-19/h3-14H,2,15H2,1H3,(H,24,27)(H,25,29). The van der Waals surface area contributed by atoms with Gasteiger partial charge in [0.25, 0.3) is 5.91 Å². The molecule has 3 aromatic carbocycles. The molecule has 6 heteroatoms. The summed E-state index contributed by atoms with van der Waals surface area (Å²) in [6.45, 7) is 1.50. The Bertz CT molecular complexity index is 1100. The largest absolute Gasteiger partial charge is 0.325 e. The lowest BCUT2D eigenvalue weighted by Crippen LogP contribution is -2.44. The number of carbonyl (C=O) groups is 3. The molecule has 2 N–H and O–H groups in total. The van der Waals surface area contributed by atoms with Crippen molar-refractivity contribution in [2.75, 3.05) is 11.9 Å². The van der Waals surface area contributed by atoms with Gasteiger partial charge in [-0.15, -0.1) is 0 Å². The Morgan fingerprint density at radius 2 is 1.66 bits per heavy atom. The summed E-state index contributed by atoms with van der Waals surface area (Å²) in [6.07, 6.45) is 0.393. The minimum Gasteiger partial charge on any atom is -0.325 e. The zero-order valence-corrected chi connectivity index (χ0v) is 16.0. The summed E-state index contributed by atoms with van der Waals surface area (Å²) in [5.41, 5.74) is 0.186. The molecular weight excluding hydrogens is 366 g/mol. The first-order valence-corrected chi connectivity index (χ1v) is 9.52. The number of fused-ring (bicyclic) bond motifs is 1. The number of carbonyl (C=O) groups excluding carboxylic acids is 3. The van der Waals surface area contributed by atoms with Crippen molar-refractivity contribution in [2.24, 2.45) is 0 Å². The van der Waals surface area contributed by atoms with Crippen LogP contribution in [0.5, 0.6) is 0 Å². The molecule has 1 heterocycles. The third-order valence-corrected chi connectivity index (χ3v) is 5.31. The Morgan fingerprint density at radius 3 is 2.38 bits per heavy atom. The average molecular weight is 387 g/mol. The minimum atomic E-state index is -1.14. The second-order valence-electron chi connectivity index (χ2n) is 7.06. The number of imide groups is 1. The van der Waals surface area contributed by atoms with E-state index >= 15 is 0 Å².